The highest BCUT2D eigenvalue weighted by atomic mass is 16.6. The molecule has 3 unspecified atom stereocenters. The number of fused-ring (bicyclic) bond motifs is 1. The predicted octanol–water partition coefficient (Wildman–Crippen LogP) is 2.76. The van der Waals surface area contributed by atoms with Crippen molar-refractivity contribution < 1.29 is 19.1 Å². The summed E-state index contributed by atoms with van der Waals surface area (Å²) in [4.78, 5) is 23.3. The lowest BCUT2D eigenvalue weighted by molar-refractivity contribution is -0.160. The molecule has 19 heavy (non-hydrogen) atoms. The van der Waals surface area contributed by atoms with Crippen LogP contribution >= 0.6 is 0 Å². The first-order valence-electron chi connectivity index (χ1n) is 7.12. The van der Waals surface area contributed by atoms with E-state index in [4.69, 9.17) is 9.47 Å². The standard InChI is InChI=1S/C15H22O4/c1-4-5-6-7-8-9-15(3)11-10(2)13(16)18-12(11)14(17)19-15/h11-12H,2,4-9H2,1,3H3. The van der Waals surface area contributed by atoms with Gasteiger partial charge >= 0.3 is 11.9 Å². The summed E-state index contributed by atoms with van der Waals surface area (Å²) in [6, 6.07) is 0. The number of rotatable bonds is 6. The SMILES string of the molecule is C=C1C(=O)OC2C(=O)OC(C)(CCCCCCC)C12. The Bertz CT molecular complexity index is 401. The number of ether oxygens (including phenoxy) is 2. The molecule has 2 aliphatic heterocycles. The lowest BCUT2D eigenvalue weighted by Crippen LogP contribution is -2.34. The fourth-order valence-electron chi connectivity index (χ4n) is 3.08. The van der Waals surface area contributed by atoms with Crippen LogP contribution in [0.25, 0.3) is 0 Å². The van der Waals surface area contributed by atoms with Crippen molar-refractivity contribution in [1.29, 1.82) is 0 Å². The molecule has 0 radical (unpaired) electrons. The summed E-state index contributed by atoms with van der Waals surface area (Å²) in [5.41, 5.74) is -0.246. The zero-order chi connectivity index (χ0) is 14.0. The molecule has 106 valence electrons. The van der Waals surface area contributed by atoms with E-state index in [-0.39, 0.29) is 5.92 Å². The highest BCUT2D eigenvalue weighted by Gasteiger charge is 2.60. The Morgan fingerprint density at radius 3 is 2.58 bits per heavy atom. The van der Waals surface area contributed by atoms with E-state index in [1.165, 1.54) is 19.3 Å². The average Bonchev–Trinajstić information content (AvgIpc) is 2.78. The minimum Gasteiger partial charge on any atom is -0.456 e. The Balaban J connectivity index is 1.96. The fourth-order valence-corrected chi connectivity index (χ4v) is 3.08. The minimum atomic E-state index is -0.763. The molecule has 0 bridgehead atoms. The number of cyclic esters (lactones) is 1. The van der Waals surface area contributed by atoms with Crippen molar-refractivity contribution in [3.05, 3.63) is 12.2 Å². The lowest BCUT2D eigenvalue weighted by atomic mass is 9.80. The van der Waals surface area contributed by atoms with Crippen molar-refractivity contribution in [3.8, 4) is 0 Å². The summed E-state index contributed by atoms with van der Waals surface area (Å²) in [6.07, 6.45) is 5.76. The van der Waals surface area contributed by atoms with Crippen LogP contribution in [0.1, 0.15) is 52.4 Å². The van der Waals surface area contributed by atoms with Crippen LogP contribution in [0.3, 0.4) is 0 Å². The molecular weight excluding hydrogens is 244 g/mol. The van der Waals surface area contributed by atoms with Gasteiger partial charge in [-0.2, -0.15) is 0 Å². The van der Waals surface area contributed by atoms with Crippen molar-refractivity contribution in [1.82, 2.24) is 0 Å². The molecule has 0 aliphatic carbocycles. The van der Waals surface area contributed by atoms with Crippen LogP contribution < -0.4 is 0 Å². The molecule has 2 saturated heterocycles. The topological polar surface area (TPSA) is 52.6 Å². The fraction of sp³-hybridized carbons (Fsp3) is 0.733. The Kier molecular flexibility index (Phi) is 3.97. The summed E-state index contributed by atoms with van der Waals surface area (Å²) in [5.74, 6) is -1.18. The number of hydrogen-bond acceptors (Lipinski definition) is 4. The van der Waals surface area contributed by atoms with Gasteiger partial charge in [0.25, 0.3) is 0 Å². The molecule has 4 nitrogen and oxygen atoms in total. The van der Waals surface area contributed by atoms with Gasteiger partial charge in [0.15, 0.2) is 0 Å². The molecule has 4 heteroatoms. The lowest BCUT2D eigenvalue weighted by Gasteiger charge is -2.27. The van der Waals surface area contributed by atoms with Crippen molar-refractivity contribution in [2.45, 2.75) is 64.1 Å². The Hall–Kier alpha value is -1.32. The summed E-state index contributed by atoms with van der Waals surface area (Å²) in [6.45, 7) is 7.83. The summed E-state index contributed by atoms with van der Waals surface area (Å²) in [5, 5.41) is 0. The third kappa shape index (κ3) is 2.53. The molecule has 2 rings (SSSR count). The largest absolute Gasteiger partial charge is 0.456 e. The maximum Gasteiger partial charge on any atom is 0.348 e. The Morgan fingerprint density at radius 1 is 1.21 bits per heavy atom. The molecule has 2 heterocycles. The van der Waals surface area contributed by atoms with Crippen LogP contribution in [0.15, 0.2) is 12.2 Å². The highest BCUT2D eigenvalue weighted by Crippen LogP contribution is 2.46. The number of carbonyl (C=O) groups excluding carboxylic acids is 2. The van der Waals surface area contributed by atoms with Crippen molar-refractivity contribution >= 4 is 11.9 Å². The second-order valence-corrected chi connectivity index (χ2v) is 5.73. The molecule has 0 aromatic rings. The van der Waals surface area contributed by atoms with Crippen molar-refractivity contribution in [3.63, 3.8) is 0 Å². The number of hydrogen-bond donors (Lipinski definition) is 0. The summed E-state index contributed by atoms with van der Waals surface area (Å²) in [7, 11) is 0. The first-order chi connectivity index (χ1) is 8.99. The van der Waals surface area contributed by atoms with Gasteiger partial charge in [-0.1, -0.05) is 39.2 Å². The van der Waals surface area contributed by atoms with Crippen LogP contribution in [0.2, 0.25) is 0 Å². The van der Waals surface area contributed by atoms with E-state index in [0.717, 1.165) is 19.3 Å². The maximum absolute atomic E-state index is 11.8. The van der Waals surface area contributed by atoms with Crippen molar-refractivity contribution in [2.24, 2.45) is 5.92 Å². The van der Waals surface area contributed by atoms with Gasteiger partial charge in [-0.05, 0) is 19.8 Å². The van der Waals surface area contributed by atoms with E-state index < -0.39 is 23.6 Å². The molecule has 0 N–H and O–H groups in total. The third-order valence-electron chi connectivity index (χ3n) is 4.18. The first-order valence-corrected chi connectivity index (χ1v) is 7.12. The molecule has 2 aliphatic rings. The van der Waals surface area contributed by atoms with Gasteiger partial charge in [-0.25, -0.2) is 9.59 Å². The zero-order valence-electron chi connectivity index (χ0n) is 11.7. The van der Waals surface area contributed by atoms with Crippen LogP contribution in [-0.4, -0.2) is 23.6 Å². The molecule has 0 saturated carbocycles. The Morgan fingerprint density at radius 2 is 1.89 bits per heavy atom. The van der Waals surface area contributed by atoms with Gasteiger partial charge in [0.05, 0.1) is 5.92 Å². The number of unbranched alkanes of at least 4 members (excludes halogenated alkanes) is 4. The van der Waals surface area contributed by atoms with E-state index in [9.17, 15) is 9.59 Å². The van der Waals surface area contributed by atoms with Gasteiger partial charge in [0, 0.05) is 5.57 Å². The average molecular weight is 266 g/mol. The number of carbonyl (C=O) groups is 2. The second-order valence-electron chi connectivity index (χ2n) is 5.73. The second kappa shape index (κ2) is 5.35. The van der Waals surface area contributed by atoms with Gasteiger partial charge in [0.1, 0.15) is 5.60 Å². The van der Waals surface area contributed by atoms with E-state index in [2.05, 4.69) is 13.5 Å². The van der Waals surface area contributed by atoms with Gasteiger partial charge in [-0.15, -0.1) is 0 Å². The number of esters is 2. The molecular formula is C15H22O4. The van der Waals surface area contributed by atoms with E-state index >= 15 is 0 Å². The van der Waals surface area contributed by atoms with Gasteiger partial charge in [-0.3, -0.25) is 0 Å². The van der Waals surface area contributed by atoms with Crippen LogP contribution in [0, 0.1) is 5.92 Å². The Labute approximate surface area is 114 Å². The molecule has 0 aromatic carbocycles. The van der Waals surface area contributed by atoms with E-state index in [1.807, 2.05) is 6.92 Å². The smallest absolute Gasteiger partial charge is 0.348 e. The minimum absolute atomic E-state index is 0.307. The quantitative estimate of drug-likeness (QED) is 0.421. The van der Waals surface area contributed by atoms with Crippen molar-refractivity contribution in [2.75, 3.05) is 0 Å². The van der Waals surface area contributed by atoms with Crippen LogP contribution in [-0.2, 0) is 19.1 Å². The molecule has 3 atom stereocenters. The van der Waals surface area contributed by atoms with Crippen LogP contribution in [0.5, 0.6) is 0 Å². The van der Waals surface area contributed by atoms with Crippen LogP contribution in [0.4, 0.5) is 0 Å². The van der Waals surface area contributed by atoms with E-state index in [1.54, 1.807) is 0 Å². The summed E-state index contributed by atoms with van der Waals surface area (Å²) >= 11 is 0. The third-order valence-corrected chi connectivity index (χ3v) is 4.18. The molecule has 0 spiro atoms. The molecule has 2 fully saturated rings. The first kappa shape index (κ1) is 14.1. The molecule has 0 aromatic heterocycles. The maximum atomic E-state index is 11.8. The zero-order valence-corrected chi connectivity index (χ0v) is 11.7. The van der Waals surface area contributed by atoms with Gasteiger partial charge in [0.2, 0.25) is 6.10 Å². The van der Waals surface area contributed by atoms with E-state index in [0.29, 0.717) is 5.57 Å². The van der Waals surface area contributed by atoms with Gasteiger partial charge < -0.3 is 9.47 Å². The molecule has 0 amide bonds. The summed E-state index contributed by atoms with van der Waals surface area (Å²) < 4.78 is 10.5. The highest BCUT2D eigenvalue weighted by molar-refractivity contribution is 5.97. The monoisotopic (exact) mass is 266 g/mol. The normalized spacial score (nSPS) is 33.3. The predicted molar refractivity (Wildman–Crippen MR) is 70.4 cm³/mol.